The van der Waals surface area contributed by atoms with Gasteiger partial charge in [-0.15, -0.1) is 0 Å². The van der Waals surface area contributed by atoms with Gasteiger partial charge in [-0.05, 0) is 113 Å². The highest BCUT2D eigenvalue weighted by Crippen LogP contribution is 2.47. The molecule has 0 saturated carbocycles. The van der Waals surface area contributed by atoms with Gasteiger partial charge >= 0.3 is 0 Å². The number of para-hydroxylation sites is 4. The number of fused-ring (bicyclic) bond motifs is 6. The van der Waals surface area contributed by atoms with E-state index >= 15 is 0 Å². The zero-order chi connectivity index (χ0) is 45.4. The number of rotatable bonds is 9. The fourth-order valence-electron chi connectivity index (χ4n) is 10.4. The van der Waals surface area contributed by atoms with Gasteiger partial charge in [-0.2, -0.15) is 0 Å². The third kappa shape index (κ3) is 6.94. The normalized spacial score (nSPS) is 12.2. The van der Waals surface area contributed by atoms with Gasteiger partial charge in [0, 0.05) is 39.0 Å². The van der Waals surface area contributed by atoms with Crippen LogP contribution in [0.1, 0.15) is 34.7 Å². The Balaban J connectivity index is 1.10. The molecule has 0 radical (unpaired) electrons. The van der Waals surface area contributed by atoms with Crippen molar-refractivity contribution in [1.82, 2.24) is 9.13 Å². The Hall–Kier alpha value is -8.86. The van der Waals surface area contributed by atoms with Crippen molar-refractivity contribution in [3.63, 3.8) is 0 Å². The summed E-state index contributed by atoms with van der Waals surface area (Å²) >= 11 is 0. The van der Waals surface area contributed by atoms with Crippen molar-refractivity contribution >= 4 is 67.0 Å². The summed E-state index contributed by atoms with van der Waals surface area (Å²) in [5.74, 6) is 0.863. The Morgan fingerprint density at radius 1 is 0.397 bits per heavy atom. The predicted octanol–water partition coefficient (Wildman–Crippen LogP) is 16.3. The Labute approximate surface area is 396 Å². The van der Waals surface area contributed by atoms with Crippen molar-refractivity contribution in [3.05, 3.63) is 283 Å². The van der Waals surface area contributed by atoms with Crippen molar-refractivity contribution in [2.75, 3.05) is 0 Å². The standard InChI is InChI=1S/C64H46N4/c1-45(66-59-33-19-17-21-48(59)44-65-53-28-13-5-14-29-53)67-61-38-35-47(46-36-39-63-56(41-46)55-32-18-20-34-60(55)68(63)54-30-15-6-16-31-54)42-57(61)58-43-52(37-40-62(58)67)64(49-22-7-2-8-23-49,50-24-9-3-10-25-50)51-26-11-4-12-27-51/h2-44H,1H3/b65-44+,66-45+. The van der Waals surface area contributed by atoms with E-state index < -0.39 is 5.41 Å². The van der Waals surface area contributed by atoms with Crippen LogP contribution in [0.25, 0.3) is 60.4 Å². The Morgan fingerprint density at radius 2 is 0.868 bits per heavy atom. The first-order chi connectivity index (χ1) is 33.6. The van der Waals surface area contributed by atoms with E-state index in [1.54, 1.807) is 0 Å². The molecule has 2 aromatic heterocycles. The van der Waals surface area contributed by atoms with E-state index in [2.05, 4.69) is 228 Å². The van der Waals surface area contributed by atoms with E-state index in [0.29, 0.717) is 0 Å². The molecular weight excluding hydrogens is 825 g/mol. The molecule has 0 aliphatic heterocycles. The van der Waals surface area contributed by atoms with Crippen molar-refractivity contribution < 1.29 is 0 Å². The minimum absolute atomic E-state index is 0.609. The average Bonchev–Trinajstić information content (AvgIpc) is 3.92. The van der Waals surface area contributed by atoms with Crippen LogP contribution in [0.4, 0.5) is 11.4 Å². The van der Waals surface area contributed by atoms with Crippen LogP contribution in [0.15, 0.2) is 265 Å². The summed E-state index contributed by atoms with van der Waals surface area (Å²) in [7, 11) is 0. The van der Waals surface area contributed by atoms with E-state index in [9.17, 15) is 0 Å². The van der Waals surface area contributed by atoms with Crippen LogP contribution in [0.3, 0.4) is 0 Å². The second kappa shape index (κ2) is 17.2. The lowest BCUT2D eigenvalue weighted by Gasteiger charge is -2.37. The molecule has 68 heavy (non-hydrogen) atoms. The molecule has 0 saturated heterocycles. The quantitative estimate of drug-likeness (QED) is 0.0787. The van der Waals surface area contributed by atoms with Gasteiger partial charge in [0.15, 0.2) is 0 Å². The van der Waals surface area contributed by atoms with Crippen molar-refractivity contribution in [3.8, 4) is 16.8 Å². The lowest BCUT2D eigenvalue weighted by Crippen LogP contribution is -2.30. The molecule has 12 aromatic rings. The van der Waals surface area contributed by atoms with Crippen LogP contribution in [0, 0.1) is 0 Å². The topological polar surface area (TPSA) is 34.6 Å². The van der Waals surface area contributed by atoms with Gasteiger partial charge in [-0.25, -0.2) is 4.99 Å². The highest BCUT2D eigenvalue weighted by molar-refractivity contribution is 6.16. The molecular formula is C64H46N4. The largest absolute Gasteiger partial charge is 0.309 e. The third-order valence-electron chi connectivity index (χ3n) is 13.5. The predicted molar refractivity (Wildman–Crippen MR) is 286 cm³/mol. The summed E-state index contributed by atoms with van der Waals surface area (Å²) in [4.78, 5) is 10.2. The first-order valence-corrected chi connectivity index (χ1v) is 23.2. The van der Waals surface area contributed by atoms with E-state index in [0.717, 1.165) is 61.4 Å². The lowest BCUT2D eigenvalue weighted by molar-refractivity contribution is 0.746. The van der Waals surface area contributed by atoms with Gasteiger partial charge in [0.25, 0.3) is 0 Å². The zero-order valence-electron chi connectivity index (χ0n) is 37.6. The number of benzene rings is 10. The molecule has 0 bridgehead atoms. The van der Waals surface area contributed by atoms with Crippen molar-refractivity contribution in [1.29, 1.82) is 0 Å². The Kier molecular flexibility index (Phi) is 10.3. The van der Waals surface area contributed by atoms with Crippen LogP contribution < -0.4 is 0 Å². The zero-order valence-corrected chi connectivity index (χ0v) is 37.6. The summed E-state index contributed by atoms with van der Waals surface area (Å²) < 4.78 is 4.70. The van der Waals surface area contributed by atoms with E-state index in [4.69, 9.17) is 9.98 Å². The van der Waals surface area contributed by atoms with E-state index in [1.807, 2.05) is 48.7 Å². The molecule has 10 aromatic carbocycles. The smallest absolute Gasteiger partial charge is 0.111 e. The molecule has 322 valence electrons. The monoisotopic (exact) mass is 870 g/mol. The number of hydrogen-bond acceptors (Lipinski definition) is 2. The van der Waals surface area contributed by atoms with Gasteiger partial charge in [-0.3, -0.25) is 9.56 Å². The SMILES string of the molecule is C/C(=N\c1ccccc1/C=N/c1ccccc1)n1c2ccc(-c3ccc4c(c3)c3ccccc3n4-c3ccccc3)cc2c2cc(C(c3ccccc3)(c3ccccc3)c3ccccc3)ccc21. The molecule has 0 fully saturated rings. The van der Waals surface area contributed by atoms with Gasteiger partial charge in [0.2, 0.25) is 0 Å². The molecule has 0 atom stereocenters. The van der Waals surface area contributed by atoms with Crippen LogP contribution in [0.5, 0.6) is 0 Å². The average molecular weight is 871 g/mol. The summed E-state index contributed by atoms with van der Waals surface area (Å²) in [6.07, 6.45) is 1.91. The maximum Gasteiger partial charge on any atom is 0.111 e. The van der Waals surface area contributed by atoms with Gasteiger partial charge < -0.3 is 4.57 Å². The number of nitrogens with zero attached hydrogens (tertiary/aromatic N) is 4. The first-order valence-electron chi connectivity index (χ1n) is 23.2. The molecule has 4 heteroatoms. The second-order valence-corrected chi connectivity index (χ2v) is 17.4. The maximum absolute atomic E-state index is 5.38. The minimum atomic E-state index is -0.609. The summed E-state index contributed by atoms with van der Waals surface area (Å²) in [6, 6.07) is 91.5. The van der Waals surface area contributed by atoms with Crippen LogP contribution in [-0.4, -0.2) is 21.2 Å². The highest BCUT2D eigenvalue weighted by Gasteiger charge is 2.38. The van der Waals surface area contributed by atoms with E-state index in [-0.39, 0.29) is 0 Å². The van der Waals surface area contributed by atoms with E-state index in [1.165, 1.54) is 44.1 Å². The molecule has 4 nitrogen and oxygen atoms in total. The highest BCUT2D eigenvalue weighted by atomic mass is 15.1. The fraction of sp³-hybridized carbons (Fsp3) is 0.0312. The third-order valence-corrected chi connectivity index (χ3v) is 13.5. The Bertz CT molecular complexity index is 3730. The maximum atomic E-state index is 5.38. The minimum Gasteiger partial charge on any atom is -0.309 e. The molecule has 0 aliphatic carbocycles. The number of aromatic nitrogens is 2. The van der Waals surface area contributed by atoms with Crippen LogP contribution in [-0.2, 0) is 5.41 Å². The first kappa shape index (κ1) is 40.6. The molecule has 0 N–H and O–H groups in total. The summed E-state index contributed by atoms with van der Waals surface area (Å²) in [5, 5.41) is 4.77. The van der Waals surface area contributed by atoms with Gasteiger partial charge in [0.1, 0.15) is 5.84 Å². The fourth-order valence-corrected chi connectivity index (χ4v) is 10.4. The Morgan fingerprint density at radius 3 is 1.50 bits per heavy atom. The molecule has 0 spiro atoms. The number of aliphatic imine (C=N–C) groups is 2. The molecule has 0 unspecified atom stereocenters. The molecule has 0 amide bonds. The van der Waals surface area contributed by atoms with Crippen LogP contribution in [0.2, 0.25) is 0 Å². The molecule has 12 rings (SSSR count). The second-order valence-electron chi connectivity index (χ2n) is 17.4. The van der Waals surface area contributed by atoms with Gasteiger partial charge in [0.05, 0.1) is 38.9 Å². The number of hydrogen-bond donors (Lipinski definition) is 0. The van der Waals surface area contributed by atoms with Crippen molar-refractivity contribution in [2.24, 2.45) is 9.98 Å². The van der Waals surface area contributed by atoms with Gasteiger partial charge in [-0.1, -0.05) is 182 Å². The van der Waals surface area contributed by atoms with Crippen molar-refractivity contribution in [2.45, 2.75) is 12.3 Å². The molecule has 2 heterocycles. The van der Waals surface area contributed by atoms with Crippen LogP contribution >= 0.6 is 0 Å². The summed E-state index contributed by atoms with van der Waals surface area (Å²) in [5.41, 5.74) is 14.9. The lowest BCUT2D eigenvalue weighted by atomic mass is 9.65. The molecule has 0 aliphatic rings. The summed E-state index contributed by atoms with van der Waals surface area (Å²) in [6.45, 7) is 2.12.